The highest BCUT2D eigenvalue weighted by Gasteiger charge is 2.39. The molecule has 6 nitrogen and oxygen atoms in total. The first-order valence-corrected chi connectivity index (χ1v) is 9.61. The summed E-state index contributed by atoms with van der Waals surface area (Å²) < 4.78 is 1.53. The van der Waals surface area contributed by atoms with E-state index in [9.17, 15) is 9.59 Å². The van der Waals surface area contributed by atoms with E-state index in [1.165, 1.54) is 17.3 Å². The van der Waals surface area contributed by atoms with Crippen molar-refractivity contribution in [2.75, 3.05) is 0 Å². The maximum absolute atomic E-state index is 12.5. The second kappa shape index (κ2) is 8.40. The van der Waals surface area contributed by atoms with Gasteiger partial charge in [-0.15, -0.1) is 12.4 Å². The lowest BCUT2D eigenvalue weighted by Crippen LogP contribution is -2.53. The standard InChI is InChI=1S/C20H26N4O2.ClH/c21-15-10-13-4-3-5-14(11-15)19(13)23-18(25)8-9-24-12-22-17-7-2-1-6-16(17)20(24)26;/h1-2,6-7,12-15,19H,3-5,8-11,21H2,(H,23,25);1H. The highest BCUT2D eigenvalue weighted by molar-refractivity contribution is 5.85. The zero-order valence-corrected chi connectivity index (χ0v) is 16.2. The van der Waals surface area contributed by atoms with Crippen LogP contribution in [0.25, 0.3) is 10.9 Å². The third-order valence-corrected chi connectivity index (χ3v) is 6.02. The van der Waals surface area contributed by atoms with Gasteiger partial charge in [0.05, 0.1) is 17.2 Å². The monoisotopic (exact) mass is 390 g/mol. The van der Waals surface area contributed by atoms with Gasteiger partial charge in [-0.05, 0) is 49.7 Å². The Morgan fingerprint density at radius 2 is 1.93 bits per heavy atom. The number of nitrogens with one attached hydrogen (secondary N) is 1. The molecule has 2 aromatic rings. The van der Waals surface area contributed by atoms with Crippen LogP contribution in [0.5, 0.6) is 0 Å². The van der Waals surface area contributed by atoms with E-state index in [4.69, 9.17) is 5.73 Å². The predicted octanol–water partition coefficient (Wildman–Crippen LogP) is 2.23. The largest absolute Gasteiger partial charge is 0.353 e. The highest BCUT2D eigenvalue weighted by Crippen LogP contribution is 2.39. The van der Waals surface area contributed by atoms with Crippen molar-refractivity contribution in [3.8, 4) is 0 Å². The number of carbonyl (C=O) groups is 1. The van der Waals surface area contributed by atoms with E-state index in [2.05, 4.69) is 10.3 Å². The molecule has 2 saturated carbocycles. The first-order chi connectivity index (χ1) is 12.6. The second-order valence-corrected chi connectivity index (χ2v) is 7.79. The molecule has 0 saturated heterocycles. The Kier molecular flexibility index (Phi) is 6.17. The van der Waals surface area contributed by atoms with E-state index in [0.717, 1.165) is 25.7 Å². The second-order valence-electron chi connectivity index (χ2n) is 7.79. The third-order valence-electron chi connectivity index (χ3n) is 6.02. The molecule has 2 aliphatic rings. The fourth-order valence-electron chi connectivity index (χ4n) is 4.77. The van der Waals surface area contributed by atoms with E-state index < -0.39 is 0 Å². The molecule has 0 radical (unpaired) electrons. The lowest BCUT2D eigenvalue weighted by atomic mass is 9.67. The van der Waals surface area contributed by atoms with Crippen molar-refractivity contribution in [3.05, 3.63) is 40.9 Å². The zero-order valence-electron chi connectivity index (χ0n) is 15.3. The molecular weight excluding hydrogens is 364 g/mol. The van der Waals surface area contributed by atoms with E-state index >= 15 is 0 Å². The summed E-state index contributed by atoms with van der Waals surface area (Å²) in [5, 5.41) is 3.83. The molecule has 1 aromatic carbocycles. The van der Waals surface area contributed by atoms with Crippen LogP contribution in [0, 0.1) is 11.8 Å². The molecular formula is C20H27ClN4O2. The van der Waals surface area contributed by atoms with Crippen molar-refractivity contribution in [2.24, 2.45) is 17.6 Å². The minimum absolute atomic E-state index is 0. The number of nitrogens with zero attached hydrogens (tertiary/aromatic N) is 2. The molecule has 2 atom stereocenters. The fourth-order valence-corrected chi connectivity index (χ4v) is 4.77. The molecule has 1 heterocycles. The maximum Gasteiger partial charge on any atom is 0.261 e. The number of rotatable bonds is 4. The quantitative estimate of drug-likeness (QED) is 0.837. The summed E-state index contributed by atoms with van der Waals surface area (Å²) in [5.41, 5.74) is 6.75. The molecule has 2 unspecified atom stereocenters. The summed E-state index contributed by atoms with van der Waals surface area (Å²) >= 11 is 0. The van der Waals surface area contributed by atoms with Crippen LogP contribution in [0.1, 0.15) is 38.5 Å². The maximum atomic E-state index is 12.5. The Bertz CT molecular complexity index is 854. The Balaban J connectivity index is 0.00000210. The van der Waals surface area contributed by atoms with Gasteiger partial charge in [-0.3, -0.25) is 14.2 Å². The zero-order chi connectivity index (χ0) is 18.1. The fraction of sp³-hybridized carbons (Fsp3) is 0.550. The van der Waals surface area contributed by atoms with Crippen LogP contribution < -0.4 is 16.6 Å². The average Bonchev–Trinajstić information content (AvgIpc) is 2.62. The van der Waals surface area contributed by atoms with E-state index in [1.807, 2.05) is 18.2 Å². The highest BCUT2D eigenvalue weighted by atomic mass is 35.5. The summed E-state index contributed by atoms with van der Waals surface area (Å²) in [6, 6.07) is 7.81. The number of aryl methyl sites for hydroxylation is 1. The van der Waals surface area contributed by atoms with E-state index in [0.29, 0.717) is 35.7 Å². The van der Waals surface area contributed by atoms with Gasteiger partial charge in [0.15, 0.2) is 0 Å². The van der Waals surface area contributed by atoms with Crippen molar-refractivity contribution < 1.29 is 4.79 Å². The molecule has 27 heavy (non-hydrogen) atoms. The normalized spacial score (nSPS) is 27.0. The van der Waals surface area contributed by atoms with Gasteiger partial charge in [-0.1, -0.05) is 18.6 Å². The Morgan fingerprint density at radius 3 is 2.67 bits per heavy atom. The Labute approximate surface area is 164 Å². The molecule has 1 amide bonds. The molecule has 146 valence electrons. The van der Waals surface area contributed by atoms with Crippen molar-refractivity contribution in [3.63, 3.8) is 0 Å². The number of amides is 1. The van der Waals surface area contributed by atoms with Gasteiger partial charge in [-0.25, -0.2) is 4.98 Å². The molecule has 0 spiro atoms. The van der Waals surface area contributed by atoms with Crippen molar-refractivity contribution in [2.45, 2.75) is 57.2 Å². The molecule has 3 N–H and O–H groups in total. The molecule has 1 aromatic heterocycles. The number of nitrogens with two attached hydrogens (primary N) is 1. The SMILES string of the molecule is Cl.NC1CC2CCCC(C1)C2NC(=O)CCn1cnc2ccccc2c1=O. The van der Waals surface area contributed by atoms with Gasteiger partial charge in [0, 0.05) is 25.0 Å². The number of fused-ring (bicyclic) bond motifs is 3. The van der Waals surface area contributed by atoms with Gasteiger partial charge in [0.2, 0.25) is 5.91 Å². The summed E-state index contributed by atoms with van der Waals surface area (Å²) in [6.45, 7) is 0.351. The molecule has 2 fully saturated rings. The number of para-hydroxylation sites is 1. The van der Waals surface area contributed by atoms with Crippen LogP contribution in [0.2, 0.25) is 0 Å². The van der Waals surface area contributed by atoms with Gasteiger partial charge in [0.25, 0.3) is 5.56 Å². The summed E-state index contributed by atoms with van der Waals surface area (Å²) in [6.07, 6.45) is 7.40. The molecule has 7 heteroatoms. The number of aromatic nitrogens is 2. The topological polar surface area (TPSA) is 90.0 Å². The van der Waals surface area contributed by atoms with Gasteiger partial charge < -0.3 is 11.1 Å². The third kappa shape index (κ3) is 4.17. The summed E-state index contributed by atoms with van der Waals surface area (Å²) in [4.78, 5) is 29.3. The first-order valence-electron chi connectivity index (χ1n) is 9.61. The van der Waals surface area contributed by atoms with Crippen molar-refractivity contribution >= 4 is 29.2 Å². The summed E-state index contributed by atoms with van der Waals surface area (Å²) in [5.74, 6) is 1.03. The van der Waals surface area contributed by atoms with E-state index in [-0.39, 0.29) is 36.0 Å². The van der Waals surface area contributed by atoms with Gasteiger partial charge >= 0.3 is 0 Å². The van der Waals surface area contributed by atoms with Crippen LogP contribution in [0.3, 0.4) is 0 Å². The van der Waals surface area contributed by atoms with Crippen molar-refractivity contribution in [1.29, 1.82) is 0 Å². The van der Waals surface area contributed by atoms with Gasteiger partial charge in [-0.2, -0.15) is 0 Å². The summed E-state index contributed by atoms with van der Waals surface area (Å²) in [7, 11) is 0. The minimum Gasteiger partial charge on any atom is -0.353 e. The van der Waals surface area contributed by atoms with E-state index in [1.54, 1.807) is 6.07 Å². The van der Waals surface area contributed by atoms with Crippen LogP contribution in [0.15, 0.2) is 35.4 Å². The predicted molar refractivity (Wildman–Crippen MR) is 108 cm³/mol. The number of hydrogen-bond donors (Lipinski definition) is 2. The van der Waals surface area contributed by atoms with Crippen LogP contribution in [0.4, 0.5) is 0 Å². The minimum atomic E-state index is -0.0936. The van der Waals surface area contributed by atoms with Crippen molar-refractivity contribution in [1.82, 2.24) is 14.9 Å². The first kappa shape index (κ1) is 19.8. The van der Waals surface area contributed by atoms with Crippen LogP contribution in [-0.4, -0.2) is 27.5 Å². The smallest absolute Gasteiger partial charge is 0.261 e. The Hall–Kier alpha value is -1.92. The molecule has 4 rings (SSSR count). The molecule has 0 aliphatic heterocycles. The number of carbonyl (C=O) groups excluding carboxylic acids is 1. The number of hydrogen-bond acceptors (Lipinski definition) is 4. The number of benzene rings is 1. The van der Waals surface area contributed by atoms with Crippen LogP contribution in [-0.2, 0) is 11.3 Å². The van der Waals surface area contributed by atoms with Crippen LogP contribution >= 0.6 is 12.4 Å². The molecule has 2 bridgehead atoms. The lowest BCUT2D eigenvalue weighted by Gasteiger charge is -2.45. The lowest BCUT2D eigenvalue weighted by molar-refractivity contribution is -0.123. The Morgan fingerprint density at radius 1 is 1.22 bits per heavy atom. The number of halogens is 1. The van der Waals surface area contributed by atoms with Gasteiger partial charge in [0.1, 0.15) is 0 Å². The average molecular weight is 391 g/mol. The molecule has 2 aliphatic carbocycles.